The summed E-state index contributed by atoms with van der Waals surface area (Å²) in [5, 5.41) is 5.08. The molecular weight excluding hydrogens is 464 g/mol. The average Bonchev–Trinajstić information content (AvgIpc) is 3.48. The minimum Gasteiger partial charge on any atom is -0.374 e. The summed E-state index contributed by atoms with van der Waals surface area (Å²) in [4.78, 5) is 28.2. The molecule has 0 atom stereocenters. The Balaban J connectivity index is 1.17. The van der Waals surface area contributed by atoms with E-state index in [9.17, 15) is 14.0 Å². The second kappa shape index (κ2) is 10.5. The van der Waals surface area contributed by atoms with Crippen molar-refractivity contribution in [1.29, 1.82) is 0 Å². The molecular formula is C28H31F2N3O3. The van der Waals surface area contributed by atoms with Crippen LogP contribution in [-0.2, 0) is 17.6 Å². The Labute approximate surface area is 209 Å². The first-order chi connectivity index (χ1) is 17.5. The number of halogens is 2. The fourth-order valence-corrected chi connectivity index (χ4v) is 5.72. The van der Waals surface area contributed by atoms with Crippen molar-refractivity contribution < 1.29 is 22.9 Å². The van der Waals surface area contributed by atoms with E-state index in [0.29, 0.717) is 36.8 Å². The molecule has 0 spiro atoms. The molecule has 0 saturated carbocycles. The average molecular weight is 496 g/mol. The minimum atomic E-state index is -0.394. The van der Waals surface area contributed by atoms with E-state index in [1.165, 1.54) is 12.1 Å². The van der Waals surface area contributed by atoms with Crippen molar-refractivity contribution in [3.8, 4) is 0 Å². The number of hydrogen-bond acceptors (Lipinski definition) is 6. The SMILES string of the molecule is CN1CCc2c(F)c(C(=O)CCCN3CCC(c4noc5cc(F)ccc45)CC3)cc(CCC=O)c21. The third-order valence-electron chi connectivity index (χ3n) is 7.64. The first-order valence-corrected chi connectivity index (χ1v) is 12.8. The summed E-state index contributed by atoms with van der Waals surface area (Å²) in [6.07, 6.45) is 5.10. The number of ketones is 1. The van der Waals surface area contributed by atoms with Crippen LogP contribution in [0.5, 0.6) is 0 Å². The Kier molecular flexibility index (Phi) is 7.14. The smallest absolute Gasteiger partial charge is 0.170 e. The Bertz CT molecular complexity index is 1280. The van der Waals surface area contributed by atoms with Crippen LogP contribution in [0, 0.1) is 11.6 Å². The van der Waals surface area contributed by atoms with Gasteiger partial charge in [0.2, 0.25) is 0 Å². The van der Waals surface area contributed by atoms with Crippen LogP contribution >= 0.6 is 0 Å². The van der Waals surface area contributed by atoms with E-state index in [4.69, 9.17) is 4.52 Å². The molecule has 3 aromatic rings. The standard InChI is InChI=1S/C28H31F2N3O3/c1-32-12-10-22-26(30)23(16-19(28(22)32)4-3-15-34)24(35)5-2-11-33-13-8-18(9-14-33)27-21-7-6-20(29)17-25(21)36-31-27/h6-7,15-18H,2-5,8-14H2,1H3. The molecule has 1 aromatic heterocycles. The summed E-state index contributed by atoms with van der Waals surface area (Å²) < 4.78 is 34.0. The third kappa shape index (κ3) is 4.78. The molecule has 8 heteroatoms. The predicted octanol–water partition coefficient (Wildman–Crippen LogP) is 5.07. The molecule has 0 amide bonds. The Morgan fingerprint density at radius 2 is 2.00 bits per heavy atom. The molecule has 0 unspecified atom stereocenters. The molecule has 2 aromatic carbocycles. The van der Waals surface area contributed by atoms with Crippen molar-refractivity contribution in [3.05, 3.63) is 58.3 Å². The monoisotopic (exact) mass is 495 g/mol. The van der Waals surface area contributed by atoms with Gasteiger partial charge in [-0.1, -0.05) is 5.16 Å². The van der Waals surface area contributed by atoms with Gasteiger partial charge in [0.25, 0.3) is 0 Å². The van der Waals surface area contributed by atoms with Gasteiger partial charge in [-0.05, 0) is 75.5 Å². The molecule has 2 aliphatic heterocycles. The number of anilines is 1. The van der Waals surface area contributed by atoms with Crippen LogP contribution < -0.4 is 4.90 Å². The van der Waals surface area contributed by atoms with E-state index in [-0.39, 0.29) is 29.5 Å². The van der Waals surface area contributed by atoms with Gasteiger partial charge in [0, 0.05) is 55.1 Å². The summed E-state index contributed by atoms with van der Waals surface area (Å²) in [7, 11) is 1.92. The van der Waals surface area contributed by atoms with Gasteiger partial charge in [-0.3, -0.25) is 4.79 Å². The first kappa shape index (κ1) is 24.6. The van der Waals surface area contributed by atoms with Gasteiger partial charge < -0.3 is 19.1 Å². The van der Waals surface area contributed by atoms with Crippen LogP contribution in [0.1, 0.15) is 65.2 Å². The zero-order valence-corrected chi connectivity index (χ0v) is 20.6. The summed E-state index contributed by atoms with van der Waals surface area (Å²) in [5.41, 5.74) is 3.87. The number of aryl methyl sites for hydroxylation is 1. The molecule has 190 valence electrons. The molecule has 36 heavy (non-hydrogen) atoms. The number of hydrogen-bond donors (Lipinski definition) is 0. The summed E-state index contributed by atoms with van der Waals surface area (Å²) in [6.45, 7) is 3.25. The zero-order valence-electron chi connectivity index (χ0n) is 20.6. The van der Waals surface area contributed by atoms with Crippen LogP contribution in [0.15, 0.2) is 28.8 Å². The number of carbonyl (C=O) groups is 2. The van der Waals surface area contributed by atoms with E-state index in [0.717, 1.165) is 67.6 Å². The molecule has 0 aliphatic carbocycles. The van der Waals surface area contributed by atoms with Crippen molar-refractivity contribution in [2.45, 2.75) is 50.9 Å². The summed E-state index contributed by atoms with van der Waals surface area (Å²) >= 11 is 0. The maximum Gasteiger partial charge on any atom is 0.170 e. The Hall–Kier alpha value is -3.13. The van der Waals surface area contributed by atoms with Gasteiger partial charge in [-0.2, -0.15) is 0 Å². The van der Waals surface area contributed by atoms with Gasteiger partial charge in [0.1, 0.15) is 17.9 Å². The van der Waals surface area contributed by atoms with Crippen LogP contribution in [0.25, 0.3) is 11.0 Å². The van der Waals surface area contributed by atoms with Crippen LogP contribution in [-0.4, -0.2) is 55.4 Å². The molecule has 0 bridgehead atoms. The molecule has 0 N–H and O–H groups in total. The third-order valence-corrected chi connectivity index (χ3v) is 7.64. The summed E-state index contributed by atoms with van der Waals surface area (Å²) in [6, 6.07) is 6.20. The fraction of sp³-hybridized carbons (Fsp3) is 0.464. The molecule has 3 heterocycles. The minimum absolute atomic E-state index is 0.165. The largest absolute Gasteiger partial charge is 0.374 e. The lowest BCUT2D eigenvalue weighted by molar-refractivity contribution is -0.107. The second-order valence-electron chi connectivity index (χ2n) is 9.95. The van der Waals surface area contributed by atoms with Crippen molar-refractivity contribution in [2.24, 2.45) is 0 Å². The second-order valence-corrected chi connectivity index (χ2v) is 9.95. The molecule has 2 aliphatic rings. The van der Waals surface area contributed by atoms with Crippen LogP contribution in [0.4, 0.5) is 14.5 Å². The number of rotatable bonds is 9. The van der Waals surface area contributed by atoms with Crippen molar-refractivity contribution in [1.82, 2.24) is 10.1 Å². The first-order valence-electron chi connectivity index (χ1n) is 12.8. The number of Topliss-reactive ketones (excluding diaryl/α,β-unsaturated/α-hetero) is 1. The highest BCUT2D eigenvalue weighted by atomic mass is 19.1. The van der Waals surface area contributed by atoms with E-state index in [2.05, 4.69) is 10.1 Å². The summed E-state index contributed by atoms with van der Waals surface area (Å²) in [5.74, 6) is -0.639. The van der Waals surface area contributed by atoms with Crippen LogP contribution in [0.3, 0.4) is 0 Å². The van der Waals surface area contributed by atoms with Crippen molar-refractivity contribution >= 4 is 28.7 Å². The number of aromatic nitrogens is 1. The van der Waals surface area contributed by atoms with E-state index in [1.807, 2.05) is 11.9 Å². The lowest BCUT2D eigenvalue weighted by Gasteiger charge is -2.31. The molecule has 0 radical (unpaired) electrons. The highest BCUT2D eigenvalue weighted by Crippen LogP contribution is 2.36. The number of fused-ring (bicyclic) bond motifs is 2. The lowest BCUT2D eigenvalue weighted by Crippen LogP contribution is -2.34. The normalized spacial score (nSPS) is 16.6. The number of benzene rings is 2. The lowest BCUT2D eigenvalue weighted by atomic mass is 9.91. The Morgan fingerprint density at radius 3 is 2.78 bits per heavy atom. The predicted molar refractivity (Wildman–Crippen MR) is 134 cm³/mol. The Morgan fingerprint density at radius 1 is 1.19 bits per heavy atom. The van der Waals surface area contributed by atoms with Crippen molar-refractivity contribution in [3.63, 3.8) is 0 Å². The topological polar surface area (TPSA) is 66.7 Å². The highest BCUT2D eigenvalue weighted by Gasteiger charge is 2.28. The van der Waals surface area contributed by atoms with Gasteiger partial charge in [0.05, 0.1) is 11.3 Å². The number of nitrogens with zero attached hydrogens (tertiary/aromatic N) is 3. The number of piperidine rings is 1. The highest BCUT2D eigenvalue weighted by molar-refractivity contribution is 5.97. The quantitative estimate of drug-likeness (QED) is 0.305. The van der Waals surface area contributed by atoms with Gasteiger partial charge in [-0.15, -0.1) is 0 Å². The van der Waals surface area contributed by atoms with Gasteiger partial charge >= 0.3 is 0 Å². The van der Waals surface area contributed by atoms with E-state index < -0.39 is 5.82 Å². The number of carbonyl (C=O) groups excluding carboxylic acids is 2. The van der Waals surface area contributed by atoms with Crippen LogP contribution in [0.2, 0.25) is 0 Å². The van der Waals surface area contributed by atoms with E-state index >= 15 is 4.39 Å². The number of likely N-dealkylation sites (tertiary alicyclic amines) is 1. The zero-order chi connectivity index (χ0) is 25.2. The molecule has 1 fully saturated rings. The number of likely N-dealkylation sites (N-methyl/N-ethyl adjacent to an activating group) is 1. The van der Waals surface area contributed by atoms with Crippen molar-refractivity contribution in [2.75, 3.05) is 38.1 Å². The molecule has 5 rings (SSSR count). The van der Waals surface area contributed by atoms with Gasteiger partial charge in [-0.25, -0.2) is 8.78 Å². The number of aldehydes is 1. The van der Waals surface area contributed by atoms with E-state index in [1.54, 1.807) is 12.1 Å². The molecule has 6 nitrogen and oxygen atoms in total. The van der Waals surface area contributed by atoms with Gasteiger partial charge in [0.15, 0.2) is 11.4 Å². The molecule has 1 saturated heterocycles. The maximum atomic E-state index is 15.2. The maximum absolute atomic E-state index is 15.2. The fourth-order valence-electron chi connectivity index (χ4n) is 5.72.